The molecule has 0 unspecified atom stereocenters. The van der Waals surface area contributed by atoms with E-state index >= 15 is 0 Å². The highest BCUT2D eigenvalue weighted by atomic mass is 16.5. The predicted octanol–water partition coefficient (Wildman–Crippen LogP) is 4.31. The summed E-state index contributed by atoms with van der Waals surface area (Å²) in [7, 11) is 0. The molecule has 0 amide bonds. The van der Waals surface area contributed by atoms with Crippen LogP contribution in [0.5, 0.6) is 11.5 Å². The van der Waals surface area contributed by atoms with Crippen LogP contribution in [0.25, 0.3) is 6.08 Å². The quantitative estimate of drug-likeness (QED) is 0.785. The van der Waals surface area contributed by atoms with Crippen molar-refractivity contribution in [3.63, 3.8) is 0 Å². The summed E-state index contributed by atoms with van der Waals surface area (Å²) in [6.07, 6.45) is 5.48. The van der Waals surface area contributed by atoms with E-state index in [0.717, 1.165) is 22.6 Å². The summed E-state index contributed by atoms with van der Waals surface area (Å²) in [6, 6.07) is 11.6. The summed E-state index contributed by atoms with van der Waals surface area (Å²) in [5.41, 5.74) is 2.02. The first kappa shape index (κ1) is 18.2. The third kappa shape index (κ3) is 6.14. The summed E-state index contributed by atoms with van der Waals surface area (Å²) >= 11 is 0. The van der Waals surface area contributed by atoms with Crippen molar-refractivity contribution in [3.8, 4) is 11.5 Å². The lowest BCUT2D eigenvalue weighted by Crippen LogP contribution is -2.23. The first-order valence-corrected chi connectivity index (χ1v) is 8.02. The number of nitrogens with zero attached hydrogens (tertiary/aromatic N) is 1. The lowest BCUT2D eigenvalue weighted by molar-refractivity contribution is 0.0381. The zero-order chi connectivity index (χ0) is 17.4. The van der Waals surface area contributed by atoms with Gasteiger partial charge < -0.3 is 14.6 Å². The Bertz CT molecular complexity index is 648. The standard InChI is InChI=1S/C20H25NO3/c1-16(13-23-15-20(2,3)14-22)11-17-6-8-18(9-7-17)24-19-5-4-10-21-12-19/h4-12,22H,13-15H2,1-3H3. The van der Waals surface area contributed by atoms with Crippen LogP contribution >= 0.6 is 0 Å². The van der Waals surface area contributed by atoms with Gasteiger partial charge in [-0.1, -0.05) is 32.1 Å². The highest BCUT2D eigenvalue weighted by Crippen LogP contribution is 2.21. The molecule has 4 nitrogen and oxygen atoms in total. The SMILES string of the molecule is CC(=Cc1ccc(Oc2cccnc2)cc1)COCC(C)(C)CO. The summed E-state index contributed by atoms with van der Waals surface area (Å²) in [5, 5.41) is 9.22. The van der Waals surface area contributed by atoms with Gasteiger partial charge in [0.2, 0.25) is 0 Å². The maximum Gasteiger partial charge on any atom is 0.145 e. The van der Waals surface area contributed by atoms with Gasteiger partial charge in [-0.05, 0) is 42.3 Å². The molecule has 0 aliphatic heterocycles. The Hall–Kier alpha value is -2.17. The van der Waals surface area contributed by atoms with Gasteiger partial charge in [0.1, 0.15) is 11.5 Å². The number of hydrogen-bond acceptors (Lipinski definition) is 4. The van der Waals surface area contributed by atoms with Crippen molar-refractivity contribution in [1.82, 2.24) is 4.98 Å². The van der Waals surface area contributed by atoms with E-state index in [4.69, 9.17) is 9.47 Å². The molecule has 0 bridgehead atoms. The molecule has 0 spiro atoms. The van der Waals surface area contributed by atoms with Crippen LogP contribution < -0.4 is 4.74 Å². The van der Waals surface area contributed by atoms with Crippen LogP contribution in [0.4, 0.5) is 0 Å². The minimum absolute atomic E-state index is 0.119. The normalized spacial score (nSPS) is 12.2. The molecule has 0 aliphatic carbocycles. The van der Waals surface area contributed by atoms with Crippen LogP contribution in [0.1, 0.15) is 26.3 Å². The number of aromatic nitrogens is 1. The summed E-state index contributed by atoms with van der Waals surface area (Å²) in [6.45, 7) is 7.20. The minimum Gasteiger partial charge on any atom is -0.456 e. The molecule has 2 aromatic rings. The molecule has 0 fully saturated rings. The molecule has 2 rings (SSSR count). The maximum atomic E-state index is 9.22. The van der Waals surface area contributed by atoms with Crippen LogP contribution in [0, 0.1) is 5.41 Å². The average Bonchev–Trinajstić information content (AvgIpc) is 2.57. The van der Waals surface area contributed by atoms with E-state index in [1.165, 1.54) is 0 Å². The Morgan fingerprint density at radius 2 is 1.92 bits per heavy atom. The van der Waals surface area contributed by atoms with E-state index in [9.17, 15) is 5.11 Å². The lowest BCUT2D eigenvalue weighted by atomic mass is 9.97. The van der Waals surface area contributed by atoms with Gasteiger partial charge >= 0.3 is 0 Å². The number of ether oxygens (including phenoxy) is 2. The lowest BCUT2D eigenvalue weighted by Gasteiger charge is -2.21. The Morgan fingerprint density at radius 1 is 1.17 bits per heavy atom. The van der Waals surface area contributed by atoms with Gasteiger partial charge in [0, 0.05) is 11.6 Å². The van der Waals surface area contributed by atoms with E-state index in [1.807, 2.05) is 57.2 Å². The second kappa shape index (κ2) is 8.62. The van der Waals surface area contributed by atoms with Crippen molar-refractivity contribution in [2.24, 2.45) is 5.41 Å². The van der Waals surface area contributed by atoms with E-state index in [2.05, 4.69) is 11.1 Å². The monoisotopic (exact) mass is 327 g/mol. The molecule has 1 heterocycles. The second-order valence-electron chi connectivity index (χ2n) is 6.67. The zero-order valence-electron chi connectivity index (χ0n) is 14.5. The van der Waals surface area contributed by atoms with Gasteiger partial charge in [-0.3, -0.25) is 4.98 Å². The van der Waals surface area contributed by atoms with Crippen LogP contribution in [0.2, 0.25) is 0 Å². The van der Waals surface area contributed by atoms with E-state index in [0.29, 0.717) is 13.2 Å². The average molecular weight is 327 g/mol. The van der Waals surface area contributed by atoms with Crippen molar-refractivity contribution < 1.29 is 14.6 Å². The number of pyridine rings is 1. The van der Waals surface area contributed by atoms with Crippen molar-refractivity contribution >= 4 is 6.08 Å². The first-order valence-electron chi connectivity index (χ1n) is 8.02. The van der Waals surface area contributed by atoms with E-state index in [1.54, 1.807) is 12.4 Å². The molecule has 0 atom stereocenters. The van der Waals surface area contributed by atoms with Crippen molar-refractivity contribution in [2.75, 3.05) is 19.8 Å². The molecule has 128 valence electrons. The fourth-order valence-electron chi connectivity index (χ4n) is 2.04. The number of benzene rings is 1. The molecule has 4 heteroatoms. The highest BCUT2D eigenvalue weighted by Gasteiger charge is 2.16. The number of aliphatic hydroxyl groups is 1. The molecule has 1 aromatic heterocycles. The molecule has 0 saturated carbocycles. The summed E-state index contributed by atoms with van der Waals surface area (Å²) in [5.74, 6) is 1.50. The topological polar surface area (TPSA) is 51.6 Å². The highest BCUT2D eigenvalue weighted by molar-refractivity contribution is 5.53. The molecule has 1 aromatic carbocycles. The Morgan fingerprint density at radius 3 is 2.54 bits per heavy atom. The van der Waals surface area contributed by atoms with Crippen molar-refractivity contribution in [1.29, 1.82) is 0 Å². The van der Waals surface area contributed by atoms with Gasteiger partial charge in [-0.15, -0.1) is 0 Å². The van der Waals surface area contributed by atoms with Gasteiger partial charge in [0.05, 0.1) is 26.0 Å². The predicted molar refractivity (Wildman–Crippen MR) is 96.1 cm³/mol. The Balaban J connectivity index is 1.88. The fourth-order valence-corrected chi connectivity index (χ4v) is 2.04. The molecular formula is C20H25NO3. The summed E-state index contributed by atoms with van der Waals surface area (Å²) < 4.78 is 11.4. The van der Waals surface area contributed by atoms with Crippen LogP contribution in [0.15, 0.2) is 54.4 Å². The molecule has 1 N–H and O–H groups in total. The third-order valence-corrected chi connectivity index (χ3v) is 3.41. The molecule has 24 heavy (non-hydrogen) atoms. The number of hydrogen-bond donors (Lipinski definition) is 1. The third-order valence-electron chi connectivity index (χ3n) is 3.41. The van der Waals surface area contributed by atoms with Gasteiger partial charge in [-0.2, -0.15) is 0 Å². The smallest absolute Gasteiger partial charge is 0.145 e. The van der Waals surface area contributed by atoms with Crippen LogP contribution in [0.3, 0.4) is 0 Å². The summed E-state index contributed by atoms with van der Waals surface area (Å²) in [4.78, 5) is 4.03. The van der Waals surface area contributed by atoms with Crippen LogP contribution in [-0.4, -0.2) is 29.9 Å². The van der Waals surface area contributed by atoms with Gasteiger partial charge in [0.15, 0.2) is 0 Å². The number of aliphatic hydroxyl groups excluding tert-OH is 1. The zero-order valence-corrected chi connectivity index (χ0v) is 14.5. The fraction of sp³-hybridized carbons (Fsp3) is 0.350. The number of rotatable bonds is 8. The first-order chi connectivity index (χ1) is 11.5. The molecule has 0 aliphatic rings. The van der Waals surface area contributed by atoms with Crippen LogP contribution in [-0.2, 0) is 4.74 Å². The molecular weight excluding hydrogens is 302 g/mol. The molecule has 0 saturated heterocycles. The van der Waals surface area contributed by atoms with Gasteiger partial charge in [0.25, 0.3) is 0 Å². The van der Waals surface area contributed by atoms with Crippen molar-refractivity contribution in [3.05, 3.63) is 59.9 Å². The minimum atomic E-state index is -0.203. The Labute approximate surface area is 143 Å². The molecule has 0 radical (unpaired) electrons. The largest absolute Gasteiger partial charge is 0.456 e. The van der Waals surface area contributed by atoms with E-state index < -0.39 is 0 Å². The van der Waals surface area contributed by atoms with Crippen molar-refractivity contribution in [2.45, 2.75) is 20.8 Å². The second-order valence-corrected chi connectivity index (χ2v) is 6.67. The maximum absolute atomic E-state index is 9.22. The Kier molecular flexibility index (Phi) is 6.53. The van der Waals surface area contributed by atoms with Gasteiger partial charge in [-0.25, -0.2) is 0 Å². The van der Waals surface area contributed by atoms with E-state index in [-0.39, 0.29) is 12.0 Å².